The van der Waals surface area contributed by atoms with Gasteiger partial charge in [-0.2, -0.15) is 0 Å². The van der Waals surface area contributed by atoms with Crippen molar-refractivity contribution >= 4 is 0 Å². The maximum Gasteiger partial charge on any atom is 0.0303 e. The lowest BCUT2D eigenvalue weighted by Gasteiger charge is -2.43. The molecule has 2 nitrogen and oxygen atoms in total. The molecule has 0 aromatic rings. The van der Waals surface area contributed by atoms with Crippen LogP contribution in [0.3, 0.4) is 0 Å². The maximum atomic E-state index is 4.05. The summed E-state index contributed by atoms with van der Waals surface area (Å²) in [5, 5.41) is 0. The van der Waals surface area contributed by atoms with E-state index >= 15 is 0 Å². The minimum Gasteiger partial charge on any atom is -0.373 e. The number of hydrogen-bond donors (Lipinski definition) is 0. The molecule has 0 atom stereocenters. The lowest BCUT2D eigenvalue weighted by Crippen LogP contribution is -2.50. The van der Waals surface area contributed by atoms with Crippen LogP contribution in [-0.2, 0) is 0 Å². The van der Waals surface area contributed by atoms with E-state index in [0.717, 1.165) is 17.9 Å². The Hall–Kier alpha value is -0.500. The van der Waals surface area contributed by atoms with Crippen molar-refractivity contribution in [3.05, 3.63) is 12.3 Å². The summed E-state index contributed by atoms with van der Waals surface area (Å²) in [7, 11) is 0. The van der Waals surface area contributed by atoms with Gasteiger partial charge in [0.2, 0.25) is 0 Å². The minimum atomic E-state index is 0.868. The smallest absolute Gasteiger partial charge is 0.0303 e. The zero-order valence-electron chi connectivity index (χ0n) is 12.5. The van der Waals surface area contributed by atoms with Crippen LogP contribution in [0.5, 0.6) is 0 Å². The van der Waals surface area contributed by atoms with E-state index in [1.54, 1.807) is 0 Å². The quantitative estimate of drug-likeness (QED) is 0.758. The van der Waals surface area contributed by atoms with E-state index in [9.17, 15) is 0 Å². The van der Waals surface area contributed by atoms with E-state index in [2.05, 4.69) is 37.1 Å². The van der Waals surface area contributed by atoms with Crippen LogP contribution in [0.15, 0.2) is 12.3 Å². The molecular formula is C16H30N2. The third-order valence-corrected chi connectivity index (χ3v) is 5.05. The van der Waals surface area contributed by atoms with Crippen LogP contribution in [0, 0.1) is 11.8 Å². The highest BCUT2D eigenvalue weighted by atomic mass is 15.3. The van der Waals surface area contributed by atoms with Gasteiger partial charge >= 0.3 is 0 Å². The first-order valence-electron chi connectivity index (χ1n) is 7.72. The molecule has 2 heteroatoms. The monoisotopic (exact) mass is 250 g/mol. The Kier molecular flexibility index (Phi) is 4.71. The largest absolute Gasteiger partial charge is 0.373 e. The third-order valence-electron chi connectivity index (χ3n) is 5.05. The van der Waals surface area contributed by atoms with Gasteiger partial charge in [0, 0.05) is 37.9 Å². The van der Waals surface area contributed by atoms with Gasteiger partial charge in [0.1, 0.15) is 0 Å². The first-order chi connectivity index (χ1) is 8.58. The molecule has 1 saturated carbocycles. The van der Waals surface area contributed by atoms with E-state index in [4.69, 9.17) is 0 Å². The van der Waals surface area contributed by atoms with Gasteiger partial charge in [0.25, 0.3) is 0 Å². The zero-order chi connectivity index (χ0) is 13.1. The Morgan fingerprint density at radius 3 is 2.00 bits per heavy atom. The molecule has 2 rings (SSSR count). The molecule has 18 heavy (non-hydrogen) atoms. The van der Waals surface area contributed by atoms with Crippen molar-refractivity contribution in [3.8, 4) is 0 Å². The summed E-state index contributed by atoms with van der Waals surface area (Å²) >= 11 is 0. The Morgan fingerprint density at radius 1 is 1.00 bits per heavy atom. The van der Waals surface area contributed by atoms with Crippen molar-refractivity contribution in [3.63, 3.8) is 0 Å². The molecule has 0 amide bonds. The van der Waals surface area contributed by atoms with Gasteiger partial charge in [-0.15, -0.1) is 0 Å². The highest BCUT2D eigenvalue weighted by molar-refractivity contribution is 4.93. The number of allylic oxidation sites excluding steroid dienone is 1. The topological polar surface area (TPSA) is 6.48 Å². The van der Waals surface area contributed by atoms with E-state index in [1.165, 1.54) is 57.6 Å². The normalized spacial score (nSPS) is 30.8. The van der Waals surface area contributed by atoms with E-state index in [1.807, 2.05) is 0 Å². The second-order valence-corrected chi connectivity index (χ2v) is 6.57. The average Bonchev–Trinajstić information content (AvgIpc) is 2.39. The Balaban J connectivity index is 1.76. The fraction of sp³-hybridized carbons (Fsp3) is 0.875. The van der Waals surface area contributed by atoms with Gasteiger partial charge < -0.3 is 4.90 Å². The van der Waals surface area contributed by atoms with Crippen LogP contribution in [0.2, 0.25) is 0 Å². The number of hydrogen-bond acceptors (Lipinski definition) is 2. The molecule has 1 heterocycles. The lowest BCUT2D eigenvalue weighted by molar-refractivity contribution is 0.0779. The number of piperazine rings is 1. The van der Waals surface area contributed by atoms with Gasteiger partial charge in [-0.25, -0.2) is 0 Å². The Bertz CT molecular complexity index is 269. The first-order valence-corrected chi connectivity index (χ1v) is 7.72. The average molecular weight is 250 g/mol. The van der Waals surface area contributed by atoms with Crippen LogP contribution >= 0.6 is 0 Å². The third kappa shape index (κ3) is 3.28. The highest BCUT2D eigenvalue weighted by Crippen LogP contribution is 2.32. The number of nitrogens with zero attached hydrogens (tertiary/aromatic N) is 2. The van der Waals surface area contributed by atoms with Crippen molar-refractivity contribution in [2.45, 2.75) is 52.5 Å². The summed E-state index contributed by atoms with van der Waals surface area (Å²) in [6, 6.07) is 0.868. The van der Waals surface area contributed by atoms with Crippen LogP contribution in [0.1, 0.15) is 46.5 Å². The van der Waals surface area contributed by atoms with Gasteiger partial charge in [0.15, 0.2) is 0 Å². The molecule has 2 aliphatic rings. The molecule has 1 aliphatic carbocycles. The standard InChI is InChI=1S/C16H30N2/c1-13(2)15-5-7-16(8-6-15)18-11-9-17(10-12-18)14(3)4/h13,15-16H,3,5-12H2,1-2,4H3/t15-,16-. The van der Waals surface area contributed by atoms with E-state index in [-0.39, 0.29) is 0 Å². The molecule has 0 aromatic carbocycles. The van der Waals surface area contributed by atoms with Crippen molar-refractivity contribution in [1.82, 2.24) is 9.80 Å². The first kappa shape index (κ1) is 13.9. The Labute approximate surface area is 113 Å². The fourth-order valence-electron chi connectivity index (χ4n) is 3.60. The number of rotatable bonds is 3. The summed E-state index contributed by atoms with van der Waals surface area (Å²) < 4.78 is 0. The Morgan fingerprint density at radius 2 is 1.56 bits per heavy atom. The summed E-state index contributed by atoms with van der Waals surface area (Å²) in [6.45, 7) is 15.8. The molecular weight excluding hydrogens is 220 g/mol. The summed E-state index contributed by atoms with van der Waals surface area (Å²) in [5.74, 6) is 1.86. The van der Waals surface area contributed by atoms with Crippen molar-refractivity contribution < 1.29 is 0 Å². The molecule has 0 radical (unpaired) electrons. The molecule has 104 valence electrons. The molecule has 1 aliphatic heterocycles. The summed E-state index contributed by atoms with van der Waals surface area (Å²) in [4.78, 5) is 5.16. The lowest BCUT2D eigenvalue weighted by atomic mass is 9.79. The SMILES string of the molecule is C=C(C)N1CCN([C@H]2CC[C@H](C(C)C)CC2)CC1. The molecule has 0 unspecified atom stereocenters. The molecule has 0 N–H and O–H groups in total. The zero-order valence-corrected chi connectivity index (χ0v) is 12.5. The van der Waals surface area contributed by atoms with Gasteiger partial charge in [-0.05, 0) is 44.4 Å². The second-order valence-electron chi connectivity index (χ2n) is 6.57. The van der Waals surface area contributed by atoms with Gasteiger partial charge in [0.05, 0.1) is 0 Å². The summed E-state index contributed by atoms with van der Waals surface area (Å²) in [6.07, 6.45) is 5.75. The van der Waals surface area contributed by atoms with E-state index < -0.39 is 0 Å². The van der Waals surface area contributed by atoms with Crippen LogP contribution < -0.4 is 0 Å². The molecule has 0 spiro atoms. The molecule has 2 fully saturated rings. The second kappa shape index (κ2) is 6.10. The van der Waals surface area contributed by atoms with Gasteiger partial charge in [-0.3, -0.25) is 4.90 Å². The maximum absolute atomic E-state index is 4.05. The van der Waals surface area contributed by atoms with Crippen molar-refractivity contribution in [2.75, 3.05) is 26.2 Å². The van der Waals surface area contributed by atoms with Gasteiger partial charge in [-0.1, -0.05) is 20.4 Å². The highest BCUT2D eigenvalue weighted by Gasteiger charge is 2.28. The molecule has 0 bridgehead atoms. The fourth-order valence-corrected chi connectivity index (χ4v) is 3.60. The minimum absolute atomic E-state index is 0.868. The van der Waals surface area contributed by atoms with Crippen LogP contribution in [-0.4, -0.2) is 42.0 Å². The van der Waals surface area contributed by atoms with Crippen molar-refractivity contribution in [2.24, 2.45) is 11.8 Å². The van der Waals surface area contributed by atoms with Crippen LogP contribution in [0.25, 0.3) is 0 Å². The van der Waals surface area contributed by atoms with Crippen LogP contribution in [0.4, 0.5) is 0 Å². The van der Waals surface area contributed by atoms with E-state index in [0.29, 0.717) is 0 Å². The molecule has 1 saturated heterocycles. The summed E-state index contributed by atoms with van der Waals surface area (Å²) in [5.41, 5.74) is 1.23. The molecule has 0 aromatic heterocycles. The predicted molar refractivity (Wildman–Crippen MR) is 78.5 cm³/mol. The predicted octanol–water partition coefficient (Wildman–Crippen LogP) is 3.35. The van der Waals surface area contributed by atoms with Crippen molar-refractivity contribution in [1.29, 1.82) is 0 Å².